The Morgan fingerprint density at radius 1 is 1.00 bits per heavy atom. The van der Waals surface area contributed by atoms with Gasteiger partial charge in [-0.05, 0) is 35.9 Å². The summed E-state index contributed by atoms with van der Waals surface area (Å²) < 4.78 is 9.64. The van der Waals surface area contributed by atoms with E-state index in [1.165, 1.54) is 22.1 Å². The zero-order valence-electron chi connectivity index (χ0n) is 18.7. The number of hydrogen-bond acceptors (Lipinski definition) is 6. The molecule has 34 heavy (non-hydrogen) atoms. The van der Waals surface area contributed by atoms with Crippen LogP contribution in [0, 0.1) is 0 Å². The monoisotopic (exact) mass is 470 g/mol. The molecule has 1 N–H and O–H groups in total. The molecule has 0 aliphatic carbocycles. The summed E-state index contributed by atoms with van der Waals surface area (Å²) in [4.78, 5) is 13.9. The minimum Gasteiger partial charge on any atom is -0.497 e. The largest absolute Gasteiger partial charge is 0.497 e. The van der Waals surface area contributed by atoms with Crippen molar-refractivity contribution < 1.29 is 9.84 Å². The van der Waals surface area contributed by atoms with E-state index in [0.29, 0.717) is 16.3 Å². The minimum atomic E-state index is -0.270. The van der Waals surface area contributed by atoms with E-state index in [1.54, 1.807) is 25.3 Å². The molecule has 0 aliphatic rings. The Balaban J connectivity index is 1.61. The van der Waals surface area contributed by atoms with E-state index < -0.39 is 0 Å². The average molecular weight is 471 g/mol. The van der Waals surface area contributed by atoms with Crippen LogP contribution in [0.4, 0.5) is 0 Å². The maximum absolute atomic E-state index is 13.2. The molecule has 7 nitrogen and oxygen atoms in total. The van der Waals surface area contributed by atoms with Crippen molar-refractivity contribution in [1.29, 1.82) is 0 Å². The Labute approximate surface area is 199 Å². The molecule has 0 fully saturated rings. The van der Waals surface area contributed by atoms with Gasteiger partial charge in [-0.25, -0.2) is 0 Å². The highest BCUT2D eigenvalue weighted by Crippen LogP contribution is 2.24. The van der Waals surface area contributed by atoms with Crippen molar-refractivity contribution in [2.75, 3.05) is 7.11 Å². The van der Waals surface area contributed by atoms with Crippen LogP contribution in [0.3, 0.4) is 0 Å². The predicted octanol–water partition coefficient (Wildman–Crippen LogP) is 4.25. The molecule has 0 unspecified atom stereocenters. The molecule has 0 saturated carbocycles. The summed E-state index contributed by atoms with van der Waals surface area (Å²) in [5.41, 5.74) is 2.10. The van der Waals surface area contributed by atoms with Crippen molar-refractivity contribution >= 4 is 38.5 Å². The maximum atomic E-state index is 13.2. The van der Waals surface area contributed by atoms with Gasteiger partial charge in [-0.1, -0.05) is 53.8 Å². The third-order valence-corrected chi connectivity index (χ3v) is 6.84. The topological polar surface area (TPSA) is 81.1 Å². The Morgan fingerprint density at radius 2 is 1.71 bits per heavy atom. The number of aryl methyl sites for hydroxylation is 1. The molecule has 0 radical (unpaired) electrons. The van der Waals surface area contributed by atoms with Crippen LogP contribution in [-0.4, -0.2) is 27.6 Å². The van der Waals surface area contributed by atoms with Crippen LogP contribution >= 0.6 is 11.3 Å². The third-order valence-electron chi connectivity index (χ3n) is 5.73. The number of fused-ring (bicyclic) bond motifs is 2. The van der Waals surface area contributed by atoms with Gasteiger partial charge in [0.2, 0.25) is 10.7 Å². The molecule has 5 aromatic rings. The smallest absolute Gasteiger partial charge is 0.261 e. The first-order valence-corrected chi connectivity index (χ1v) is 11.5. The van der Waals surface area contributed by atoms with Crippen molar-refractivity contribution in [3.63, 3.8) is 0 Å². The fourth-order valence-corrected chi connectivity index (χ4v) is 4.89. The van der Waals surface area contributed by atoms with E-state index in [4.69, 9.17) is 4.74 Å². The number of rotatable bonds is 5. The van der Waals surface area contributed by atoms with Gasteiger partial charge < -0.3 is 14.4 Å². The average Bonchev–Trinajstić information content (AvgIpc) is 3.19. The number of thiazole rings is 1. The van der Waals surface area contributed by atoms with Crippen LogP contribution in [0.1, 0.15) is 11.1 Å². The van der Waals surface area contributed by atoms with Gasteiger partial charge >= 0.3 is 0 Å². The SMILES string of the molecule is COc1ccc(Cn2c(O)c(/C=N/N=c3\sc4ccccc4n3C)c3ccccc3c2=O)cc1. The molecular weight excluding hydrogens is 448 g/mol. The first-order chi connectivity index (χ1) is 16.6. The number of pyridine rings is 1. The van der Waals surface area contributed by atoms with E-state index in [1.807, 2.05) is 66.2 Å². The molecular formula is C26H22N4O3S. The Kier molecular flexibility index (Phi) is 5.73. The number of ether oxygens (including phenoxy) is 1. The van der Waals surface area contributed by atoms with Crippen molar-refractivity contribution in [3.8, 4) is 11.6 Å². The number of methoxy groups -OCH3 is 1. The van der Waals surface area contributed by atoms with Crippen LogP contribution in [0.5, 0.6) is 11.6 Å². The van der Waals surface area contributed by atoms with Gasteiger partial charge in [-0.15, -0.1) is 5.10 Å². The summed E-state index contributed by atoms with van der Waals surface area (Å²) in [7, 11) is 3.54. The summed E-state index contributed by atoms with van der Waals surface area (Å²) in [6.07, 6.45) is 1.51. The highest BCUT2D eigenvalue weighted by atomic mass is 32.1. The van der Waals surface area contributed by atoms with Crippen molar-refractivity contribution in [2.24, 2.45) is 17.3 Å². The lowest BCUT2D eigenvalue weighted by atomic mass is 10.1. The second kappa shape index (κ2) is 8.99. The number of benzene rings is 3. The third kappa shape index (κ3) is 3.88. The molecule has 2 aromatic heterocycles. The number of nitrogens with zero attached hydrogens (tertiary/aromatic N) is 4. The van der Waals surface area contributed by atoms with Gasteiger partial charge in [-0.2, -0.15) is 5.10 Å². The molecule has 3 aromatic carbocycles. The van der Waals surface area contributed by atoms with Crippen LogP contribution < -0.4 is 15.1 Å². The van der Waals surface area contributed by atoms with Gasteiger partial charge in [0.05, 0.1) is 35.6 Å². The van der Waals surface area contributed by atoms with Gasteiger partial charge in [-0.3, -0.25) is 9.36 Å². The highest BCUT2D eigenvalue weighted by Gasteiger charge is 2.15. The molecule has 8 heteroatoms. The molecule has 170 valence electrons. The molecule has 0 bridgehead atoms. The lowest BCUT2D eigenvalue weighted by Gasteiger charge is -2.13. The van der Waals surface area contributed by atoms with Crippen LogP contribution in [-0.2, 0) is 13.6 Å². The summed E-state index contributed by atoms with van der Waals surface area (Å²) in [5, 5.41) is 20.9. The number of aromatic hydroxyl groups is 1. The van der Waals surface area contributed by atoms with E-state index in [9.17, 15) is 9.90 Å². The van der Waals surface area contributed by atoms with E-state index in [0.717, 1.165) is 26.3 Å². The Hall–Kier alpha value is -4.17. The summed E-state index contributed by atoms with van der Waals surface area (Å²) in [6, 6.07) is 22.6. The number of hydrogen-bond donors (Lipinski definition) is 1. The summed E-state index contributed by atoms with van der Waals surface area (Å²) in [5.74, 6) is 0.571. The summed E-state index contributed by atoms with van der Waals surface area (Å²) >= 11 is 1.53. The molecule has 5 rings (SSSR count). The molecule has 0 saturated heterocycles. The standard InChI is InChI=1S/C26H22N4O3S/c1-29-22-9-5-6-10-23(22)34-26(29)28-27-15-21-19-7-3-4-8-20(19)24(31)30(25(21)32)16-17-11-13-18(33-2)14-12-17/h3-15,32H,16H2,1-2H3/b27-15+,28-26-. The first-order valence-electron chi connectivity index (χ1n) is 10.7. The number of aromatic nitrogens is 2. The molecule has 0 atom stereocenters. The van der Waals surface area contributed by atoms with Gasteiger partial charge in [0.1, 0.15) is 5.75 Å². The van der Waals surface area contributed by atoms with E-state index in [-0.39, 0.29) is 18.0 Å². The van der Waals surface area contributed by atoms with Crippen LogP contribution in [0.2, 0.25) is 0 Å². The first kappa shape index (κ1) is 21.7. The lowest BCUT2D eigenvalue weighted by molar-refractivity contribution is 0.412. The molecule has 2 heterocycles. The quantitative estimate of drug-likeness (QED) is 0.308. The van der Waals surface area contributed by atoms with Gasteiger partial charge in [0.15, 0.2) is 0 Å². The second-order valence-corrected chi connectivity index (χ2v) is 8.79. The zero-order valence-corrected chi connectivity index (χ0v) is 19.5. The maximum Gasteiger partial charge on any atom is 0.261 e. The van der Waals surface area contributed by atoms with Gasteiger partial charge in [0, 0.05) is 17.8 Å². The fraction of sp³-hybridized carbons (Fsp3) is 0.115. The predicted molar refractivity (Wildman–Crippen MR) is 136 cm³/mol. The lowest BCUT2D eigenvalue weighted by Crippen LogP contribution is -2.22. The highest BCUT2D eigenvalue weighted by molar-refractivity contribution is 7.16. The van der Waals surface area contributed by atoms with Gasteiger partial charge in [0.25, 0.3) is 5.56 Å². The van der Waals surface area contributed by atoms with Crippen molar-refractivity contribution in [2.45, 2.75) is 6.54 Å². The normalized spacial score (nSPS) is 12.2. The fourth-order valence-electron chi connectivity index (χ4n) is 3.91. The summed E-state index contributed by atoms with van der Waals surface area (Å²) in [6.45, 7) is 0.211. The second-order valence-electron chi connectivity index (χ2n) is 7.78. The zero-order chi connectivity index (χ0) is 23.7. The minimum absolute atomic E-state index is 0.154. The van der Waals surface area contributed by atoms with E-state index in [2.05, 4.69) is 10.2 Å². The van der Waals surface area contributed by atoms with Crippen LogP contribution in [0.25, 0.3) is 21.0 Å². The van der Waals surface area contributed by atoms with Crippen molar-refractivity contribution in [1.82, 2.24) is 9.13 Å². The van der Waals surface area contributed by atoms with Crippen LogP contribution in [0.15, 0.2) is 87.8 Å². The Bertz CT molecular complexity index is 1660. The van der Waals surface area contributed by atoms with E-state index >= 15 is 0 Å². The molecule has 0 spiro atoms. The number of para-hydroxylation sites is 1. The molecule has 0 amide bonds. The molecule has 0 aliphatic heterocycles. The Morgan fingerprint density at radius 3 is 2.44 bits per heavy atom. The van der Waals surface area contributed by atoms with Crippen molar-refractivity contribution in [3.05, 3.63) is 99.1 Å².